The highest BCUT2D eigenvalue weighted by molar-refractivity contribution is 6.89. The first-order chi connectivity index (χ1) is 12.6. The molecule has 146 valence electrons. The van der Waals surface area contributed by atoms with Gasteiger partial charge < -0.3 is 0 Å². The van der Waals surface area contributed by atoms with Gasteiger partial charge in [0.2, 0.25) is 0 Å². The van der Waals surface area contributed by atoms with Crippen LogP contribution >= 0.6 is 0 Å². The minimum Gasteiger partial charge on any atom is -0.256 e. The molecule has 1 fully saturated rings. The molecule has 0 N–H and O–H groups in total. The number of pyridine rings is 1. The van der Waals surface area contributed by atoms with E-state index in [0.29, 0.717) is 0 Å². The summed E-state index contributed by atoms with van der Waals surface area (Å²) in [6, 6.07) is 11.4. The quantitative estimate of drug-likeness (QED) is 0.538. The molecule has 0 radical (unpaired) electrons. The van der Waals surface area contributed by atoms with E-state index in [1.54, 1.807) is 10.8 Å². The highest BCUT2D eigenvalue weighted by Crippen LogP contribution is 2.30. The predicted octanol–water partition coefficient (Wildman–Crippen LogP) is 6.71. The monoisotopic (exact) mass is 379 g/mol. The molecule has 1 aliphatic rings. The molecule has 2 heteroatoms. The Morgan fingerprint density at radius 1 is 1.00 bits per heavy atom. The summed E-state index contributed by atoms with van der Waals surface area (Å²) in [6.07, 6.45) is 10.5. The summed E-state index contributed by atoms with van der Waals surface area (Å²) in [5, 5.41) is 1.56. The average molecular weight is 380 g/mol. The lowest BCUT2D eigenvalue weighted by atomic mass is 9.84. The van der Waals surface area contributed by atoms with Crippen LogP contribution in [0.5, 0.6) is 0 Å². The van der Waals surface area contributed by atoms with E-state index in [2.05, 4.69) is 76.9 Å². The van der Waals surface area contributed by atoms with E-state index in [4.69, 9.17) is 4.98 Å². The van der Waals surface area contributed by atoms with Gasteiger partial charge in [0.25, 0.3) is 0 Å². The maximum absolute atomic E-state index is 4.93. The molecule has 1 nitrogen and oxygen atoms in total. The second-order valence-electron chi connectivity index (χ2n) is 10.5. The Bertz CT molecular complexity index is 774. The molecular formula is C25H37NSi. The second-order valence-corrected chi connectivity index (χ2v) is 15.6. The molecule has 1 aliphatic carbocycles. The van der Waals surface area contributed by atoms with Crippen LogP contribution in [0.3, 0.4) is 0 Å². The van der Waals surface area contributed by atoms with Crippen LogP contribution in [0.2, 0.25) is 19.6 Å². The van der Waals surface area contributed by atoms with E-state index < -0.39 is 8.07 Å². The Hall–Kier alpha value is -1.41. The summed E-state index contributed by atoms with van der Waals surface area (Å²) in [5.74, 6) is 0.866. The van der Waals surface area contributed by atoms with Gasteiger partial charge in [0, 0.05) is 11.8 Å². The molecule has 0 spiro atoms. The van der Waals surface area contributed by atoms with Crippen LogP contribution in [0.1, 0.15) is 64.0 Å². The molecule has 0 unspecified atom stereocenters. The molecule has 0 bridgehead atoms. The Morgan fingerprint density at radius 3 is 2.33 bits per heavy atom. The maximum atomic E-state index is 4.93. The van der Waals surface area contributed by atoms with Gasteiger partial charge >= 0.3 is 0 Å². The van der Waals surface area contributed by atoms with Crippen molar-refractivity contribution in [3.63, 3.8) is 0 Å². The highest BCUT2D eigenvalue weighted by atomic mass is 28.3. The summed E-state index contributed by atoms with van der Waals surface area (Å²) in [6.45, 7) is 14.2. The zero-order valence-corrected chi connectivity index (χ0v) is 19.2. The van der Waals surface area contributed by atoms with Gasteiger partial charge in [0.1, 0.15) is 0 Å². The topological polar surface area (TPSA) is 12.9 Å². The minimum atomic E-state index is -1.39. The van der Waals surface area contributed by atoms with Gasteiger partial charge in [-0.15, -0.1) is 0 Å². The number of nitrogens with zero attached hydrogens (tertiary/aromatic N) is 1. The zero-order valence-electron chi connectivity index (χ0n) is 18.2. The molecular weight excluding hydrogens is 342 g/mol. The lowest BCUT2D eigenvalue weighted by Gasteiger charge is -2.26. The molecule has 1 heterocycles. The average Bonchev–Trinajstić information content (AvgIpc) is 2.61. The number of benzene rings is 1. The Labute approximate surface area is 167 Å². The van der Waals surface area contributed by atoms with E-state index in [0.717, 1.165) is 11.6 Å². The molecule has 0 aliphatic heterocycles. The lowest BCUT2D eigenvalue weighted by Crippen LogP contribution is -2.41. The lowest BCUT2D eigenvalue weighted by molar-refractivity contribution is 0.357. The van der Waals surface area contributed by atoms with Crippen molar-refractivity contribution in [3.8, 4) is 11.3 Å². The van der Waals surface area contributed by atoms with Crippen LogP contribution in [0, 0.1) is 5.92 Å². The first kappa shape index (κ1) is 20.3. The van der Waals surface area contributed by atoms with Crippen molar-refractivity contribution in [2.24, 2.45) is 5.92 Å². The predicted molar refractivity (Wildman–Crippen MR) is 122 cm³/mol. The minimum absolute atomic E-state index is 0.166. The van der Waals surface area contributed by atoms with E-state index in [-0.39, 0.29) is 5.41 Å². The van der Waals surface area contributed by atoms with Gasteiger partial charge in [-0.05, 0) is 46.2 Å². The fourth-order valence-corrected chi connectivity index (χ4v) is 5.94. The third-order valence-corrected chi connectivity index (χ3v) is 8.12. The Balaban J connectivity index is 1.99. The molecule has 2 aromatic rings. The number of hydrogen-bond donors (Lipinski definition) is 0. The van der Waals surface area contributed by atoms with Crippen molar-refractivity contribution in [1.29, 1.82) is 0 Å². The number of hydrogen-bond acceptors (Lipinski definition) is 1. The summed E-state index contributed by atoms with van der Waals surface area (Å²) < 4.78 is 0. The van der Waals surface area contributed by atoms with Gasteiger partial charge in [-0.2, -0.15) is 0 Å². The van der Waals surface area contributed by atoms with Crippen molar-refractivity contribution >= 4 is 13.3 Å². The highest BCUT2D eigenvalue weighted by Gasteiger charge is 2.24. The van der Waals surface area contributed by atoms with Crippen LogP contribution in [0.25, 0.3) is 11.3 Å². The number of aromatic nitrogens is 1. The smallest absolute Gasteiger partial charge is 0.0799 e. The molecule has 1 aromatic carbocycles. The van der Waals surface area contributed by atoms with Crippen molar-refractivity contribution < 1.29 is 0 Å². The summed E-state index contributed by atoms with van der Waals surface area (Å²) in [7, 11) is -1.39. The maximum Gasteiger partial charge on any atom is 0.0799 e. The molecule has 0 atom stereocenters. The Morgan fingerprint density at radius 2 is 1.70 bits per heavy atom. The number of rotatable bonds is 4. The molecule has 27 heavy (non-hydrogen) atoms. The summed E-state index contributed by atoms with van der Waals surface area (Å²) in [4.78, 5) is 4.93. The standard InChI is InChI=1S/C25H37NSi/c1-25(2,3)22-14-10-13-20(16-22)23-17-21(15-19-11-8-7-9-12-19)24(18-26-23)27(4,5)6/h10,13-14,16-19H,7-9,11-12,15H2,1-6H3. The van der Waals surface area contributed by atoms with Crippen LogP contribution in [0.4, 0.5) is 0 Å². The molecule has 1 saturated carbocycles. The van der Waals surface area contributed by atoms with Gasteiger partial charge in [-0.25, -0.2) is 0 Å². The van der Waals surface area contributed by atoms with E-state index in [1.165, 1.54) is 49.7 Å². The largest absolute Gasteiger partial charge is 0.256 e. The van der Waals surface area contributed by atoms with E-state index in [9.17, 15) is 0 Å². The van der Waals surface area contributed by atoms with Crippen molar-refractivity contribution in [1.82, 2.24) is 4.98 Å². The van der Waals surface area contributed by atoms with Gasteiger partial charge in [0.05, 0.1) is 13.8 Å². The second kappa shape index (κ2) is 7.91. The Kier molecular flexibility index (Phi) is 5.95. The van der Waals surface area contributed by atoms with Crippen molar-refractivity contribution in [3.05, 3.63) is 47.7 Å². The summed E-state index contributed by atoms with van der Waals surface area (Å²) >= 11 is 0. The zero-order chi connectivity index (χ0) is 19.7. The fraction of sp³-hybridized carbons (Fsp3) is 0.560. The van der Waals surface area contributed by atoms with E-state index in [1.807, 2.05) is 0 Å². The van der Waals surface area contributed by atoms with Gasteiger partial charge in [-0.1, -0.05) is 90.7 Å². The van der Waals surface area contributed by atoms with Crippen LogP contribution in [-0.2, 0) is 11.8 Å². The third kappa shape index (κ3) is 5.10. The van der Waals surface area contributed by atoms with Crippen molar-refractivity contribution in [2.75, 3.05) is 0 Å². The van der Waals surface area contributed by atoms with Crippen LogP contribution in [-0.4, -0.2) is 13.1 Å². The first-order valence-electron chi connectivity index (χ1n) is 10.7. The van der Waals surface area contributed by atoms with Gasteiger partial charge in [0.15, 0.2) is 0 Å². The fourth-order valence-electron chi connectivity index (χ4n) is 4.35. The van der Waals surface area contributed by atoms with Gasteiger partial charge in [-0.3, -0.25) is 4.98 Å². The molecule has 3 rings (SSSR count). The summed E-state index contributed by atoms with van der Waals surface area (Å²) in [5.41, 5.74) is 5.53. The molecule has 0 saturated heterocycles. The SMILES string of the molecule is CC(C)(C)c1cccc(-c2cc(CC3CCCCC3)c([Si](C)(C)C)cn2)c1. The van der Waals surface area contributed by atoms with E-state index >= 15 is 0 Å². The van der Waals surface area contributed by atoms with Crippen molar-refractivity contribution in [2.45, 2.75) is 84.4 Å². The molecule has 0 amide bonds. The normalized spacial score (nSPS) is 16.5. The van der Waals surface area contributed by atoms with Crippen LogP contribution in [0.15, 0.2) is 36.5 Å². The van der Waals surface area contributed by atoms with Crippen LogP contribution < -0.4 is 5.19 Å². The third-order valence-electron chi connectivity index (χ3n) is 6.06. The first-order valence-corrected chi connectivity index (χ1v) is 14.2. The molecule has 1 aromatic heterocycles.